The van der Waals surface area contributed by atoms with Crippen molar-refractivity contribution in [1.29, 1.82) is 0 Å². The molecular formula is C6H4Br2ClNO2S. The predicted octanol–water partition coefficient (Wildman–Crippen LogP) is 2.51. The lowest BCUT2D eigenvalue weighted by Gasteiger charge is -2.04. The van der Waals surface area contributed by atoms with Crippen LogP contribution in [0, 0.1) is 0 Å². The molecule has 3 nitrogen and oxygen atoms in total. The maximum Gasteiger partial charge on any atom is 0.240 e. The van der Waals surface area contributed by atoms with Gasteiger partial charge in [-0.05, 0) is 28.1 Å². The lowest BCUT2D eigenvalue weighted by atomic mass is 10.4. The predicted molar refractivity (Wildman–Crippen MR) is 58.2 cm³/mol. The molecule has 0 aliphatic rings. The molecule has 13 heavy (non-hydrogen) atoms. The van der Waals surface area contributed by atoms with E-state index in [0.717, 1.165) is 0 Å². The summed E-state index contributed by atoms with van der Waals surface area (Å²) < 4.78 is 23.1. The van der Waals surface area contributed by atoms with Gasteiger partial charge in [-0.25, -0.2) is 13.6 Å². The summed E-state index contributed by atoms with van der Waals surface area (Å²) >= 11 is 11.9. The summed E-state index contributed by atoms with van der Waals surface area (Å²) in [4.78, 5) is -0.0997. The van der Waals surface area contributed by atoms with E-state index in [0.29, 0.717) is 8.95 Å². The van der Waals surface area contributed by atoms with Crippen molar-refractivity contribution in [2.24, 2.45) is 5.14 Å². The van der Waals surface area contributed by atoms with E-state index in [1.807, 2.05) is 0 Å². The third kappa shape index (κ3) is 2.66. The van der Waals surface area contributed by atoms with Gasteiger partial charge in [0.2, 0.25) is 10.0 Å². The van der Waals surface area contributed by atoms with Gasteiger partial charge in [0.25, 0.3) is 0 Å². The van der Waals surface area contributed by atoms with Crippen LogP contribution < -0.4 is 5.14 Å². The molecule has 0 bridgehead atoms. The molecule has 2 N–H and O–H groups in total. The van der Waals surface area contributed by atoms with E-state index in [1.165, 1.54) is 6.07 Å². The molecule has 0 spiro atoms. The molecule has 0 radical (unpaired) electrons. The van der Waals surface area contributed by atoms with Crippen molar-refractivity contribution in [3.05, 3.63) is 26.1 Å². The second kappa shape index (κ2) is 3.86. The van der Waals surface area contributed by atoms with Crippen LogP contribution in [-0.4, -0.2) is 8.42 Å². The summed E-state index contributed by atoms with van der Waals surface area (Å²) in [6.45, 7) is 0. The number of hydrogen-bond acceptors (Lipinski definition) is 2. The van der Waals surface area contributed by atoms with Crippen molar-refractivity contribution in [3.8, 4) is 0 Å². The van der Waals surface area contributed by atoms with Crippen molar-refractivity contribution in [3.63, 3.8) is 0 Å². The number of sulfonamides is 1. The highest BCUT2D eigenvalue weighted by Crippen LogP contribution is 2.31. The third-order valence-corrected chi connectivity index (χ3v) is 4.01. The molecule has 0 heterocycles. The Bertz CT molecular complexity index is 423. The van der Waals surface area contributed by atoms with Crippen LogP contribution in [0.2, 0.25) is 5.02 Å². The zero-order valence-corrected chi connectivity index (χ0v) is 10.8. The molecule has 0 aromatic heterocycles. The average Bonchev–Trinajstić information content (AvgIpc) is 1.78. The average molecular weight is 349 g/mol. The summed E-state index contributed by atoms with van der Waals surface area (Å²) in [5.41, 5.74) is 0. The normalized spacial score (nSPS) is 11.7. The van der Waals surface area contributed by atoms with Gasteiger partial charge >= 0.3 is 0 Å². The molecule has 7 heteroatoms. The van der Waals surface area contributed by atoms with E-state index in [-0.39, 0.29) is 9.92 Å². The summed E-state index contributed by atoms with van der Waals surface area (Å²) in [6, 6.07) is 3.03. The molecule has 1 aromatic rings. The van der Waals surface area contributed by atoms with E-state index >= 15 is 0 Å². The number of nitrogens with two attached hydrogens (primary N) is 1. The first-order chi connectivity index (χ1) is 5.82. The fraction of sp³-hybridized carbons (Fsp3) is 0. The molecular weight excluding hydrogens is 345 g/mol. The first kappa shape index (κ1) is 11.5. The van der Waals surface area contributed by atoms with Gasteiger partial charge in [0.15, 0.2) is 0 Å². The highest BCUT2D eigenvalue weighted by Gasteiger charge is 2.17. The van der Waals surface area contributed by atoms with Crippen LogP contribution in [0.1, 0.15) is 0 Å². The Morgan fingerprint density at radius 1 is 1.31 bits per heavy atom. The molecule has 0 unspecified atom stereocenters. The van der Waals surface area contributed by atoms with Crippen LogP contribution in [0.25, 0.3) is 0 Å². The van der Waals surface area contributed by atoms with Crippen LogP contribution in [0.3, 0.4) is 0 Å². The Labute approximate surface area is 97.6 Å². The maximum atomic E-state index is 11.0. The lowest BCUT2D eigenvalue weighted by Crippen LogP contribution is -2.13. The van der Waals surface area contributed by atoms with Gasteiger partial charge in [0.05, 0.1) is 5.02 Å². The Morgan fingerprint density at radius 2 is 1.85 bits per heavy atom. The molecule has 0 saturated heterocycles. The molecule has 0 aliphatic carbocycles. The number of benzene rings is 1. The fourth-order valence-electron chi connectivity index (χ4n) is 0.801. The molecule has 0 atom stereocenters. The van der Waals surface area contributed by atoms with E-state index in [1.54, 1.807) is 6.07 Å². The van der Waals surface area contributed by atoms with Gasteiger partial charge in [-0.2, -0.15) is 0 Å². The third-order valence-electron chi connectivity index (χ3n) is 1.25. The zero-order chi connectivity index (χ0) is 10.2. The molecule has 1 rings (SSSR count). The summed E-state index contributed by atoms with van der Waals surface area (Å²) in [5, 5.41) is 5.04. The quantitative estimate of drug-likeness (QED) is 0.847. The van der Waals surface area contributed by atoms with E-state index < -0.39 is 10.0 Å². The largest absolute Gasteiger partial charge is 0.240 e. The monoisotopic (exact) mass is 347 g/mol. The molecule has 0 amide bonds. The van der Waals surface area contributed by atoms with Gasteiger partial charge in [0.1, 0.15) is 4.90 Å². The van der Waals surface area contributed by atoms with Crippen molar-refractivity contribution >= 4 is 53.5 Å². The van der Waals surface area contributed by atoms with Crippen molar-refractivity contribution in [2.45, 2.75) is 4.90 Å². The molecule has 0 saturated carbocycles. The molecule has 72 valence electrons. The zero-order valence-electron chi connectivity index (χ0n) is 6.09. The van der Waals surface area contributed by atoms with E-state index in [2.05, 4.69) is 31.9 Å². The number of rotatable bonds is 1. The van der Waals surface area contributed by atoms with Crippen molar-refractivity contribution in [1.82, 2.24) is 0 Å². The summed E-state index contributed by atoms with van der Waals surface area (Å²) in [7, 11) is -3.78. The first-order valence-corrected chi connectivity index (χ1v) is 6.51. The second-order valence-corrected chi connectivity index (χ2v) is 5.92. The Kier molecular flexibility index (Phi) is 3.40. The minimum absolute atomic E-state index is 0.0868. The van der Waals surface area contributed by atoms with Crippen LogP contribution in [0.4, 0.5) is 0 Å². The smallest absolute Gasteiger partial charge is 0.225 e. The maximum absolute atomic E-state index is 11.0. The van der Waals surface area contributed by atoms with Crippen molar-refractivity contribution < 1.29 is 8.42 Å². The van der Waals surface area contributed by atoms with Crippen LogP contribution >= 0.6 is 43.5 Å². The van der Waals surface area contributed by atoms with Gasteiger partial charge in [-0.1, -0.05) is 27.5 Å². The van der Waals surface area contributed by atoms with Crippen molar-refractivity contribution in [2.75, 3.05) is 0 Å². The minimum atomic E-state index is -3.78. The van der Waals surface area contributed by atoms with E-state index in [9.17, 15) is 8.42 Å². The fourth-order valence-corrected chi connectivity index (χ4v) is 4.15. The first-order valence-electron chi connectivity index (χ1n) is 2.99. The van der Waals surface area contributed by atoms with E-state index in [4.69, 9.17) is 16.7 Å². The topological polar surface area (TPSA) is 60.2 Å². The van der Waals surface area contributed by atoms with Gasteiger partial charge in [-0.3, -0.25) is 0 Å². The van der Waals surface area contributed by atoms with Crippen LogP contribution in [0.5, 0.6) is 0 Å². The number of primary sulfonamides is 1. The highest BCUT2D eigenvalue weighted by molar-refractivity contribution is 9.11. The van der Waals surface area contributed by atoms with Gasteiger partial charge in [-0.15, -0.1) is 0 Å². The standard InChI is InChI=1S/C6H4Br2ClNO2S/c7-3-1-4(8)6(5(9)2-3)13(10,11)12/h1-2H,(H2,10,11,12). The summed E-state index contributed by atoms with van der Waals surface area (Å²) in [5.74, 6) is 0. The molecule has 1 aromatic carbocycles. The summed E-state index contributed by atoms with van der Waals surface area (Å²) in [6.07, 6.45) is 0. The highest BCUT2D eigenvalue weighted by atomic mass is 79.9. The Balaban J connectivity index is 3.57. The van der Waals surface area contributed by atoms with Crippen LogP contribution in [-0.2, 0) is 10.0 Å². The van der Waals surface area contributed by atoms with Crippen LogP contribution in [0.15, 0.2) is 26.0 Å². The molecule has 0 fully saturated rings. The van der Waals surface area contributed by atoms with Gasteiger partial charge < -0.3 is 0 Å². The Morgan fingerprint density at radius 3 is 2.23 bits per heavy atom. The number of halogens is 3. The SMILES string of the molecule is NS(=O)(=O)c1c(Cl)cc(Br)cc1Br. The van der Waals surface area contributed by atoms with Gasteiger partial charge in [0, 0.05) is 8.95 Å². The molecule has 0 aliphatic heterocycles. The Hall–Kier alpha value is 0.380. The second-order valence-electron chi connectivity index (χ2n) is 2.24. The lowest BCUT2D eigenvalue weighted by molar-refractivity contribution is 0.597. The number of hydrogen-bond donors (Lipinski definition) is 1. The minimum Gasteiger partial charge on any atom is -0.225 e.